The highest BCUT2D eigenvalue weighted by molar-refractivity contribution is 5.53. The fourth-order valence-electron chi connectivity index (χ4n) is 2.21. The summed E-state index contributed by atoms with van der Waals surface area (Å²) in [6, 6.07) is 2.18. The van der Waals surface area contributed by atoms with E-state index in [4.69, 9.17) is 5.73 Å². The smallest absolute Gasteiger partial charge is 0.0445 e. The second kappa shape index (κ2) is 8.25. The van der Waals surface area contributed by atoms with Crippen molar-refractivity contribution in [3.8, 4) is 0 Å². The molecular weight excluding hydrogens is 246 g/mol. The maximum atomic E-state index is 5.88. The normalized spacial score (nSPS) is 11.4. The minimum absolute atomic E-state index is 0.558. The first-order chi connectivity index (χ1) is 9.43. The Hall–Kier alpha value is -1.09. The molecule has 3 heteroatoms. The van der Waals surface area contributed by atoms with Crippen LogP contribution in [0.1, 0.15) is 51.8 Å². The second-order valence-electron chi connectivity index (χ2n) is 6.51. The van der Waals surface area contributed by atoms with Gasteiger partial charge in [0.25, 0.3) is 0 Å². The zero-order chi connectivity index (χ0) is 15.1. The first-order valence-electron chi connectivity index (χ1n) is 7.84. The van der Waals surface area contributed by atoms with E-state index in [2.05, 4.69) is 43.6 Å². The van der Waals surface area contributed by atoms with Crippen LogP contribution in [-0.4, -0.2) is 18.1 Å². The molecule has 0 aromatic carbocycles. The van der Waals surface area contributed by atoms with Gasteiger partial charge in [0, 0.05) is 42.8 Å². The van der Waals surface area contributed by atoms with Gasteiger partial charge in [0.05, 0.1) is 0 Å². The van der Waals surface area contributed by atoms with Crippen LogP contribution in [-0.2, 0) is 6.54 Å². The highest BCUT2D eigenvalue weighted by atomic mass is 15.1. The number of nitrogens with zero attached hydrogens (tertiary/aromatic N) is 2. The van der Waals surface area contributed by atoms with Gasteiger partial charge in [-0.05, 0) is 37.7 Å². The summed E-state index contributed by atoms with van der Waals surface area (Å²) in [5, 5.41) is 0. The number of aromatic nitrogens is 1. The van der Waals surface area contributed by atoms with Crippen LogP contribution in [0.4, 0.5) is 5.69 Å². The fraction of sp³-hybridized carbons (Fsp3) is 0.706. The number of aryl methyl sites for hydroxylation is 1. The van der Waals surface area contributed by atoms with Gasteiger partial charge in [-0.2, -0.15) is 0 Å². The van der Waals surface area contributed by atoms with Gasteiger partial charge in [0.1, 0.15) is 0 Å². The van der Waals surface area contributed by atoms with Crippen LogP contribution in [0.25, 0.3) is 0 Å². The Labute approximate surface area is 124 Å². The Morgan fingerprint density at radius 1 is 1.10 bits per heavy atom. The molecule has 0 bridgehead atoms. The molecule has 2 N–H and O–H groups in total. The number of hydrogen-bond acceptors (Lipinski definition) is 3. The molecule has 1 rings (SSSR count). The molecule has 1 aromatic rings. The molecule has 1 aromatic heterocycles. The lowest BCUT2D eigenvalue weighted by molar-refractivity contribution is 0.534. The molecule has 114 valence electrons. The van der Waals surface area contributed by atoms with Gasteiger partial charge < -0.3 is 10.6 Å². The number of nitrogens with two attached hydrogens (primary N) is 1. The predicted molar refractivity (Wildman–Crippen MR) is 88.0 cm³/mol. The monoisotopic (exact) mass is 277 g/mol. The standard InChI is InChI=1S/C17H31N3/c1-13(2)6-8-20(9-7-14(3)4)17-10-15(5)19-12-16(17)11-18/h10,12-14H,6-9,11,18H2,1-5H3. The number of anilines is 1. The molecular formula is C17H31N3. The van der Waals surface area contributed by atoms with Gasteiger partial charge in [0.15, 0.2) is 0 Å². The maximum Gasteiger partial charge on any atom is 0.0445 e. The summed E-state index contributed by atoms with van der Waals surface area (Å²) in [5.74, 6) is 1.45. The lowest BCUT2D eigenvalue weighted by atomic mass is 10.1. The predicted octanol–water partition coefficient (Wildman–Crippen LogP) is 3.75. The summed E-state index contributed by atoms with van der Waals surface area (Å²) >= 11 is 0. The van der Waals surface area contributed by atoms with Crippen LogP contribution in [0.5, 0.6) is 0 Å². The van der Waals surface area contributed by atoms with Crippen molar-refractivity contribution < 1.29 is 0 Å². The van der Waals surface area contributed by atoms with Crippen molar-refractivity contribution in [3.63, 3.8) is 0 Å². The summed E-state index contributed by atoms with van der Waals surface area (Å²) in [6.45, 7) is 13.9. The van der Waals surface area contributed by atoms with E-state index < -0.39 is 0 Å². The number of pyridine rings is 1. The third-order valence-corrected chi connectivity index (χ3v) is 3.61. The van der Waals surface area contributed by atoms with E-state index in [1.165, 1.54) is 18.5 Å². The first-order valence-corrected chi connectivity index (χ1v) is 7.84. The van der Waals surface area contributed by atoms with Crippen LogP contribution >= 0.6 is 0 Å². The van der Waals surface area contributed by atoms with Crippen LogP contribution in [0.2, 0.25) is 0 Å². The molecule has 0 radical (unpaired) electrons. The molecule has 0 fully saturated rings. The minimum atomic E-state index is 0.558. The van der Waals surface area contributed by atoms with Gasteiger partial charge in [-0.3, -0.25) is 4.98 Å². The van der Waals surface area contributed by atoms with E-state index in [0.717, 1.165) is 36.2 Å². The molecule has 0 atom stereocenters. The topological polar surface area (TPSA) is 42.1 Å². The molecule has 0 amide bonds. The molecule has 1 heterocycles. The van der Waals surface area contributed by atoms with Gasteiger partial charge >= 0.3 is 0 Å². The zero-order valence-electron chi connectivity index (χ0n) is 13.8. The Morgan fingerprint density at radius 2 is 1.65 bits per heavy atom. The van der Waals surface area contributed by atoms with E-state index in [-0.39, 0.29) is 0 Å². The summed E-state index contributed by atoms with van der Waals surface area (Å²) in [6.07, 6.45) is 4.36. The molecule has 0 spiro atoms. The summed E-state index contributed by atoms with van der Waals surface area (Å²) in [7, 11) is 0. The van der Waals surface area contributed by atoms with Crippen molar-refractivity contribution in [1.82, 2.24) is 4.98 Å². The average Bonchev–Trinajstić information content (AvgIpc) is 2.38. The molecule has 0 saturated heterocycles. The lowest BCUT2D eigenvalue weighted by Gasteiger charge is -2.28. The SMILES string of the molecule is Cc1cc(N(CCC(C)C)CCC(C)C)c(CN)cn1. The van der Waals surface area contributed by atoms with Crippen LogP contribution in [0, 0.1) is 18.8 Å². The van der Waals surface area contributed by atoms with Crippen LogP contribution in [0.3, 0.4) is 0 Å². The zero-order valence-corrected chi connectivity index (χ0v) is 13.8. The fourth-order valence-corrected chi connectivity index (χ4v) is 2.21. The molecule has 0 unspecified atom stereocenters. The largest absolute Gasteiger partial charge is 0.371 e. The lowest BCUT2D eigenvalue weighted by Crippen LogP contribution is -2.29. The summed E-state index contributed by atoms with van der Waals surface area (Å²) in [5.41, 5.74) is 9.38. The Balaban J connectivity index is 2.92. The van der Waals surface area contributed by atoms with E-state index in [1.807, 2.05) is 13.1 Å². The van der Waals surface area contributed by atoms with Crippen LogP contribution in [0.15, 0.2) is 12.3 Å². The van der Waals surface area contributed by atoms with Crippen molar-refractivity contribution in [2.75, 3.05) is 18.0 Å². The van der Waals surface area contributed by atoms with Gasteiger partial charge in [-0.15, -0.1) is 0 Å². The van der Waals surface area contributed by atoms with Gasteiger partial charge in [-0.25, -0.2) is 0 Å². The Morgan fingerprint density at radius 3 is 2.10 bits per heavy atom. The van der Waals surface area contributed by atoms with Crippen molar-refractivity contribution in [2.45, 2.75) is 54.0 Å². The molecule has 3 nitrogen and oxygen atoms in total. The van der Waals surface area contributed by atoms with E-state index in [0.29, 0.717) is 6.54 Å². The molecule has 0 aliphatic heterocycles. The molecule has 0 saturated carbocycles. The van der Waals surface area contributed by atoms with Crippen molar-refractivity contribution in [2.24, 2.45) is 17.6 Å². The quantitative estimate of drug-likeness (QED) is 0.787. The number of hydrogen-bond donors (Lipinski definition) is 1. The van der Waals surface area contributed by atoms with Crippen LogP contribution < -0.4 is 10.6 Å². The highest BCUT2D eigenvalue weighted by Crippen LogP contribution is 2.22. The minimum Gasteiger partial charge on any atom is -0.371 e. The maximum absolute atomic E-state index is 5.88. The molecule has 0 aliphatic rings. The van der Waals surface area contributed by atoms with Gasteiger partial charge in [0.2, 0.25) is 0 Å². The summed E-state index contributed by atoms with van der Waals surface area (Å²) in [4.78, 5) is 6.87. The van der Waals surface area contributed by atoms with E-state index in [1.54, 1.807) is 0 Å². The first kappa shape index (κ1) is 17.0. The van der Waals surface area contributed by atoms with E-state index in [9.17, 15) is 0 Å². The molecule has 20 heavy (non-hydrogen) atoms. The van der Waals surface area contributed by atoms with E-state index >= 15 is 0 Å². The van der Waals surface area contributed by atoms with Crippen molar-refractivity contribution in [1.29, 1.82) is 0 Å². The van der Waals surface area contributed by atoms with Gasteiger partial charge in [-0.1, -0.05) is 27.7 Å². The number of rotatable bonds is 8. The third kappa shape index (κ3) is 5.49. The Kier molecular flexibility index (Phi) is 7.00. The third-order valence-electron chi connectivity index (χ3n) is 3.61. The summed E-state index contributed by atoms with van der Waals surface area (Å²) < 4.78 is 0. The second-order valence-corrected chi connectivity index (χ2v) is 6.51. The Bertz CT molecular complexity index is 387. The van der Waals surface area contributed by atoms with Crippen molar-refractivity contribution in [3.05, 3.63) is 23.5 Å². The molecule has 0 aliphatic carbocycles. The van der Waals surface area contributed by atoms with Crippen molar-refractivity contribution >= 4 is 5.69 Å². The highest BCUT2D eigenvalue weighted by Gasteiger charge is 2.13. The average molecular weight is 277 g/mol.